The minimum Gasteiger partial charge on any atom is -0.495 e. The van der Waals surface area contributed by atoms with Crippen LogP contribution in [0.4, 0.5) is 0 Å². The Hall–Kier alpha value is -1.06. The molecule has 18 heavy (non-hydrogen) atoms. The molecule has 1 aliphatic rings. The number of halogens is 2. The zero-order chi connectivity index (χ0) is 13.7. The molecule has 0 heterocycles. The minimum absolute atomic E-state index is 0.0986. The highest BCUT2D eigenvalue weighted by Gasteiger charge is 2.49. The van der Waals surface area contributed by atoms with E-state index in [9.17, 15) is 9.59 Å². The molecule has 0 unspecified atom stereocenters. The van der Waals surface area contributed by atoms with E-state index in [-0.39, 0.29) is 27.2 Å². The molecule has 5 heteroatoms. The van der Waals surface area contributed by atoms with Gasteiger partial charge in [-0.15, -0.1) is 0 Å². The van der Waals surface area contributed by atoms with E-state index in [0.29, 0.717) is 17.7 Å². The molecule has 2 rings (SSSR count). The summed E-state index contributed by atoms with van der Waals surface area (Å²) in [4.78, 5) is 24.6. The molecule has 0 amide bonds. The minimum atomic E-state index is -1.04. The smallest absolute Gasteiger partial charge is 0.178 e. The average Bonchev–Trinajstić information content (AvgIpc) is 2.56. The molecule has 0 saturated heterocycles. The monoisotopic (exact) mass is 286 g/mol. The number of rotatable bonds is 2. The topological polar surface area (TPSA) is 43.4 Å². The van der Waals surface area contributed by atoms with Crippen LogP contribution in [-0.2, 0) is 0 Å². The zero-order valence-corrected chi connectivity index (χ0v) is 11.8. The van der Waals surface area contributed by atoms with Crippen LogP contribution in [0.25, 0.3) is 0 Å². The van der Waals surface area contributed by atoms with Crippen LogP contribution in [0, 0.1) is 5.41 Å². The number of hydrogen-bond acceptors (Lipinski definition) is 3. The first-order valence-corrected chi connectivity index (χ1v) is 6.29. The molecule has 1 atom stereocenters. The lowest BCUT2D eigenvalue weighted by molar-refractivity contribution is 0.0717. The van der Waals surface area contributed by atoms with Gasteiger partial charge in [0.15, 0.2) is 11.6 Å². The molecule has 1 aromatic carbocycles. The fraction of sp³-hybridized carbons (Fsp3) is 0.385. The van der Waals surface area contributed by atoms with Crippen molar-refractivity contribution in [2.45, 2.75) is 20.3 Å². The van der Waals surface area contributed by atoms with Crippen LogP contribution in [0.15, 0.2) is 6.07 Å². The molecule has 0 saturated carbocycles. The number of benzene rings is 1. The number of hydrogen-bond donors (Lipinski definition) is 0. The Balaban J connectivity index is 2.77. The summed E-state index contributed by atoms with van der Waals surface area (Å²) in [5.41, 5.74) is -0.519. The van der Waals surface area contributed by atoms with E-state index in [0.717, 1.165) is 0 Å². The van der Waals surface area contributed by atoms with Crippen molar-refractivity contribution in [3.8, 4) is 5.75 Å². The second-order valence-corrected chi connectivity index (χ2v) is 5.23. The second-order valence-electron chi connectivity index (χ2n) is 4.47. The summed E-state index contributed by atoms with van der Waals surface area (Å²) in [6.07, 6.45) is 0.426. The van der Waals surface area contributed by atoms with E-state index in [1.807, 2.05) is 0 Å². The van der Waals surface area contributed by atoms with Crippen molar-refractivity contribution in [1.82, 2.24) is 0 Å². The standard InChI is InChI=1S/C13H12Cl2O3/c1-4-13(2)11(16)6-5-7(18-3)9(14)10(15)8(6)12(13)17/h5H,4H2,1-3H3/t13-/m1/s1. The quantitative estimate of drug-likeness (QED) is 0.777. The Bertz CT molecular complexity index is 566. The van der Waals surface area contributed by atoms with Gasteiger partial charge >= 0.3 is 0 Å². The second kappa shape index (κ2) is 4.25. The molecule has 0 spiro atoms. The number of ether oxygens (including phenoxy) is 1. The van der Waals surface area contributed by atoms with E-state index >= 15 is 0 Å². The molecular weight excluding hydrogens is 275 g/mol. The van der Waals surface area contributed by atoms with Gasteiger partial charge in [0, 0.05) is 11.1 Å². The third kappa shape index (κ3) is 1.50. The van der Waals surface area contributed by atoms with Crippen LogP contribution in [0.5, 0.6) is 5.75 Å². The van der Waals surface area contributed by atoms with Gasteiger partial charge in [-0.05, 0) is 19.4 Å². The van der Waals surface area contributed by atoms with Crippen LogP contribution in [0.2, 0.25) is 10.0 Å². The number of ketones is 2. The van der Waals surface area contributed by atoms with Crippen LogP contribution in [-0.4, -0.2) is 18.7 Å². The van der Waals surface area contributed by atoms with E-state index in [1.54, 1.807) is 13.8 Å². The molecule has 3 nitrogen and oxygen atoms in total. The third-order valence-electron chi connectivity index (χ3n) is 3.57. The van der Waals surface area contributed by atoms with Gasteiger partial charge in [-0.1, -0.05) is 30.1 Å². The highest BCUT2D eigenvalue weighted by molar-refractivity contribution is 6.47. The zero-order valence-electron chi connectivity index (χ0n) is 10.3. The van der Waals surface area contributed by atoms with Crippen molar-refractivity contribution in [2.24, 2.45) is 5.41 Å². The Kier molecular flexibility index (Phi) is 3.16. The van der Waals surface area contributed by atoms with E-state index in [2.05, 4.69) is 0 Å². The van der Waals surface area contributed by atoms with E-state index < -0.39 is 5.41 Å². The van der Waals surface area contributed by atoms with Crippen molar-refractivity contribution in [2.75, 3.05) is 7.11 Å². The maximum atomic E-state index is 12.3. The average molecular weight is 287 g/mol. The molecule has 96 valence electrons. The first-order chi connectivity index (χ1) is 8.38. The number of carbonyl (C=O) groups excluding carboxylic acids is 2. The van der Waals surface area contributed by atoms with Crippen molar-refractivity contribution in [3.63, 3.8) is 0 Å². The number of methoxy groups -OCH3 is 1. The predicted molar refractivity (Wildman–Crippen MR) is 70.1 cm³/mol. The first-order valence-electron chi connectivity index (χ1n) is 5.54. The summed E-state index contributed by atoms with van der Waals surface area (Å²) < 4.78 is 5.06. The number of carbonyl (C=O) groups is 2. The Morgan fingerprint density at radius 3 is 2.33 bits per heavy atom. The molecule has 0 aliphatic heterocycles. The summed E-state index contributed by atoms with van der Waals surface area (Å²) >= 11 is 12.1. The maximum absolute atomic E-state index is 12.3. The first kappa shape index (κ1) is 13.4. The summed E-state index contributed by atoms with van der Waals surface area (Å²) in [5.74, 6) is -0.177. The number of Topliss-reactive ketones (excluding diaryl/α,β-unsaturated/α-hetero) is 2. The molecule has 1 aliphatic carbocycles. The predicted octanol–water partition coefficient (Wildman–Crippen LogP) is 3.80. The normalized spacial score (nSPS) is 22.3. The van der Waals surface area contributed by atoms with Gasteiger partial charge in [-0.25, -0.2) is 0 Å². The van der Waals surface area contributed by atoms with Gasteiger partial charge in [0.1, 0.15) is 10.8 Å². The molecular formula is C13H12Cl2O3. The van der Waals surface area contributed by atoms with Gasteiger partial charge in [-0.3, -0.25) is 9.59 Å². The van der Waals surface area contributed by atoms with Crippen LogP contribution >= 0.6 is 23.2 Å². The Labute approximate surface area is 115 Å². The summed E-state index contributed by atoms with van der Waals surface area (Å²) in [6.45, 7) is 3.43. The summed E-state index contributed by atoms with van der Waals surface area (Å²) in [5, 5.41) is 0.265. The Morgan fingerprint density at radius 1 is 1.22 bits per heavy atom. The highest BCUT2D eigenvalue weighted by atomic mass is 35.5. The van der Waals surface area contributed by atoms with Gasteiger partial charge in [0.05, 0.1) is 17.5 Å². The van der Waals surface area contributed by atoms with Crippen molar-refractivity contribution in [1.29, 1.82) is 0 Å². The SMILES string of the molecule is CC[C@]1(C)C(=O)c2cc(OC)c(Cl)c(Cl)c2C1=O. The summed E-state index contributed by atoms with van der Waals surface area (Å²) in [7, 11) is 1.43. The summed E-state index contributed by atoms with van der Waals surface area (Å²) in [6, 6.07) is 1.49. The molecule has 0 bridgehead atoms. The van der Waals surface area contributed by atoms with E-state index in [1.165, 1.54) is 13.2 Å². The lowest BCUT2D eigenvalue weighted by Gasteiger charge is -2.16. The van der Waals surface area contributed by atoms with Crippen molar-refractivity contribution < 1.29 is 14.3 Å². The van der Waals surface area contributed by atoms with Gasteiger partial charge in [0.25, 0.3) is 0 Å². The lowest BCUT2D eigenvalue weighted by Crippen LogP contribution is -2.28. The molecule has 0 fully saturated rings. The van der Waals surface area contributed by atoms with Crippen LogP contribution < -0.4 is 4.74 Å². The molecule has 0 aromatic heterocycles. The van der Waals surface area contributed by atoms with Crippen molar-refractivity contribution in [3.05, 3.63) is 27.2 Å². The fourth-order valence-corrected chi connectivity index (χ4v) is 2.66. The fourth-order valence-electron chi connectivity index (χ4n) is 2.15. The van der Waals surface area contributed by atoms with Crippen molar-refractivity contribution >= 4 is 34.8 Å². The van der Waals surface area contributed by atoms with E-state index in [4.69, 9.17) is 27.9 Å². The van der Waals surface area contributed by atoms with Crippen LogP contribution in [0.1, 0.15) is 41.0 Å². The lowest BCUT2D eigenvalue weighted by atomic mass is 9.82. The van der Waals surface area contributed by atoms with Gasteiger partial charge in [0.2, 0.25) is 0 Å². The Morgan fingerprint density at radius 2 is 1.83 bits per heavy atom. The van der Waals surface area contributed by atoms with Gasteiger partial charge < -0.3 is 4.74 Å². The largest absolute Gasteiger partial charge is 0.495 e. The highest BCUT2D eigenvalue weighted by Crippen LogP contribution is 2.47. The molecule has 0 radical (unpaired) electrons. The molecule has 1 aromatic rings. The van der Waals surface area contributed by atoms with Crippen LogP contribution in [0.3, 0.4) is 0 Å². The van der Waals surface area contributed by atoms with Gasteiger partial charge in [-0.2, -0.15) is 0 Å². The number of fused-ring (bicyclic) bond motifs is 1. The molecule has 0 N–H and O–H groups in total. The maximum Gasteiger partial charge on any atom is 0.178 e. The third-order valence-corrected chi connectivity index (χ3v) is 4.42.